The molecule has 13 heavy (non-hydrogen) atoms. The van der Waals surface area contributed by atoms with E-state index >= 15 is 0 Å². The molecule has 5 heteroatoms. The van der Waals surface area contributed by atoms with Crippen LogP contribution in [0.4, 0.5) is 13.2 Å². The van der Waals surface area contributed by atoms with Gasteiger partial charge in [0.1, 0.15) is 7.05 Å². The molecule has 0 saturated heterocycles. The Morgan fingerprint density at radius 1 is 1.46 bits per heavy atom. The van der Waals surface area contributed by atoms with Gasteiger partial charge in [-0.3, -0.25) is 4.79 Å². The molecule has 0 bridgehead atoms. The summed E-state index contributed by atoms with van der Waals surface area (Å²) >= 11 is 0. The van der Waals surface area contributed by atoms with Gasteiger partial charge in [-0.1, -0.05) is 0 Å². The maximum Gasteiger partial charge on any atom is 0.477 e. The molecule has 1 aromatic rings. The highest BCUT2D eigenvalue weighted by Gasteiger charge is 2.39. The number of alkyl halides is 3. The van der Waals surface area contributed by atoms with E-state index < -0.39 is 11.9 Å². The van der Waals surface area contributed by atoms with Gasteiger partial charge < -0.3 is 0 Å². The standard InChI is InChI=1S/C8H7F3NO/c1-12-3-2-6(5-13)4-7(12)8(9,10)11/h2-5H,1H3/q+1. The third-order valence-electron chi connectivity index (χ3n) is 1.60. The Kier molecular flexibility index (Phi) is 2.36. The molecule has 0 aliphatic heterocycles. The van der Waals surface area contributed by atoms with Crippen molar-refractivity contribution < 1.29 is 22.5 Å². The van der Waals surface area contributed by atoms with Crippen LogP contribution in [0.3, 0.4) is 0 Å². The van der Waals surface area contributed by atoms with Crippen LogP contribution >= 0.6 is 0 Å². The van der Waals surface area contributed by atoms with Crippen molar-refractivity contribution >= 4 is 6.29 Å². The lowest BCUT2D eigenvalue weighted by Gasteiger charge is -2.03. The predicted molar refractivity (Wildman–Crippen MR) is 38.0 cm³/mol. The van der Waals surface area contributed by atoms with Gasteiger partial charge in [-0.15, -0.1) is 0 Å². The molecular weight excluding hydrogens is 183 g/mol. The summed E-state index contributed by atoms with van der Waals surface area (Å²) in [6.07, 6.45) is -2.84. The lowest BCUT2D eigenvalue weighted by Crippen LogP contribution is -2.37. The molecule has 0 atom stereocenters. The highest BCUT2D eigenvalue weighted by molar-refractivity contribution is 5.74. The second-order valence-corrected chi connectivity index (χ2v) is 2.57. The van der Waals surface area contributed by atoms with Crippen LogP contribution in [0.15, 0.2) is 18.3 Å². The Bertz CT molecular complexity index is 333. The van der Waals surface area contributed by atoms with Crippen LogP contribution in [0, 0.1) is 0 Å². The number of aldehydes is 1. The Morgan fingerprint density at radius 2 is 2.08 bits per heavy atom. The second kappa shape index (κ2) is 3.16. The first-order valence-corrected chi connectivity index (χ1v) is 3.47. The molecule has 1 rings (SSSR count). The summed E-state index contributed by atoms with van der Waals surface area (Å²) in [5.41, 5.74) is -0.817. The average Bonchev–Trinajstić information content (AvgIpc) is 2.03. The summed E-state index contributed by atoms with van der Waals surface area (Å²) in [5, 5.41) is 0. The minimum absolute atomic E-state index is 0.0189. The fourth-order valence-electron chi connectivity index (χ4n) is 0.941. The zero-order valence-corrected chi connectivity index (χ0v) is 6.80. The zero-order chi connectivity index (χ0) is 10.1. The number of aromatic nitrogens is 1. The number of nitrogens with zero attached hydrogens (tertiary/aromatic N) is 1. The lowest BCUT2D eigenvalue weighted by atomic mass is 10.2. The Hall–Kier alpha value is -1.39. The van der Waals surface area contributed by atoms with Crippen molar-refractivity contribution in [1.82, 2.24) is 0 Å². The first-order valence-electron chi connectivity index (χ1n) is 3.47. The van der Waals surface area contributed by atoms with Crippen LogP contribution in [-0.2, 0) is 13.2 Å². The minimum atomic E-state index is -4.42. The van der Waals surface area contributed by atoms with Crippen molar-refractivity contribution in [2.75, 3.05) is 0 Å². The Balaban J connectivity index is 3.27. The van der Waals surface area contributed by atoms with Gasteiger partial charge in [0.2, 0.25) is 0 Å². The molecular formula is C8H7F3NO+. The van der Waals surface area contributed by atoms with Crippen LogP contribution in [0.1, 0.15) is 16.1 Å². The van der Waals surface area contributed by atoms with E-state index in [1.807, 2.05) is 0 Å². The van der Waals surface area contributed by atoms with Gasteiger partial charge in [-0.2, -0.15) is 17.7 Å². The molecule has 0 saturated carbocycles. The SMILES string of the molecule is C[n+]1ccc(C=O)cc1C(F)(F)F. The van der Waals surface area contributed by atoms with Gasteiger partial charge in [0.25, 0.3) is 5.69 Å². The first kappa shape index (κ1) is 9.70. The molecule has 0 spiro atoms. The quantitative estimate of drug-likeness (QED) is 0.483. The number of halogens is 3. The number of aryl methyl sites for hydroxylation is 1. The number of hydrogen-bond donors (Lipinski definition) is 0. The Morgan fingerprint density at radius 3 is 2.54 bits per heavy atom. The van der Waals surface area contributed by atoms with Crippen molar-refractivity contribution in [3.63, 3.8) is 0 Å². The molecule has 0 unspecified atom stereocenters. The Labute approximate surface area is 72.6 Å². The monoisotopic (exact) mass is 190 g/mol. The van der Waals surface area contributed by atoms with Crippen LogP contribution in [0.2, 0.25) is 0 Å². The molecule has 0 N–H and O–H groups in total. The molecule has 0 radical (unpaired) electrons. The number of carbonyl (C=O) groups is 1. The van der Waals surface area contributed by atoms with Crippen LogP contribution < -0.4 is 4.57 Å². The van der Waals surface area contributed by atoms with E-state index in [0.717, 1.165) is 10.6 Å². The maximum atomic E-state index is 12.2. The summed E-state index contributed by atoms with van der Waals surface area (Å²) in [6.45, 7) is 0. The van der Waals surface area contributed by atoms with Crippen molar-refractivity contribution in [2.45, 2.75) is 6.18 Å². The molecule has 70 valence electrons. The fourth-order valence-corrected chi connectivity index (χ4v) is 0.941. The molecule has 1 aromatic heterocycles. The van der Waals surface area contributed by atoms with E-state index in [2.05, 4.69) is 0 Å². The number of hydrogen-bond acceptors (Lipinski definition) is 1. The normalized spacial score (nSPS) is 11.4. The summed E-state index contributed by atoms with van der Waals surface area (Å²) in [6, 6.07) is 2.13. The number of carbonyl (C=O) groups excluding carboxylic acids is 1. The lowest BCUT2D eigenvalue weighted by molar-refractivity contribution is -0.691. The summed E-state index contributed by atoms with van der Waals surface area (Å²) in [4.78, 5) is 10.2. The van der Waals surface area contributed by atoms with Gasteiger partial charge >= 0.3 is 6.18 Å². The van der Waals surface area contributed by atoms with Crippen LogP contribution in [-0.4, -0.2) is 6.29 Å². The van der Waals surface area contributed by atoms with E-state index in [9.17, 15) is 18.0 Å². The smallest absolute Gasteiger partial charge is 0.298 e. The molecule has 2 nitrogen and oxygen atoms in total. The largest absolute Gasteiger partial charge is 0.477 e. The van der Waals surface area contributed by atoms with Gasteiger partial charge in [0.05, 0.1) is 0 Å². The molecule has 1 heterocycles. The van der Waals surface area contributed by atoms with Crippen molar-refractivity contribution in [1.29, 1.82) is 0 Å². The van der Waals surface area contributed by atoms with E-state index in [4.69, 9.17) is 0 Å². The topological polar surface area (TPSA) is 20.9 Å². The van der Waals surface area contributed by atoms with Gasteiger partial charge in [0.15, 0.2) is 12.5 Å². The molecule has 0 aromatic carbocycles. The summed E-state index contributed by atoms with van der Waals surface area (Å²) < 4.78 is 37.6. The van der Waals surface area contributed by atoms with Crippen LogP contribution in [0.25, 0.3) is 0 Å². The molecule has 0 aliphatic carbocycles. The zero-order valence-electron chi connectivity index (χ0n) is 6.80. The van der Waals surface area contributed by atoms with E-state index in [-0.39, 0.29) is 5.56 Å². The number of pyridine rings is 1. The minimum Gasteiger partial charge on any atom is -0.298 e. The van der Waals surface area contributed by atoms with Crippen LogP contribution in [0.5, 0.6) is 0 Å². The maximum absolute atomic E-state index is 12.2. The average molecular weight is 190 g/mol. The highest BCUT2D eigenvalue weighted by atomic mass is 19.4. The predicted octanol–water partition coefficient (Wildman–Crippen LogP) is 1.34. The second-order valence-electron chi connectivity index (χ2n) is 2.57. The molecule has 0 amide bonds. The van der Waals surface area contributed by atoms with Gasteiger partial charge in [0, 0.05) is 17.7 Å². The molecule has 0 aliphatic rings. The van der Waals surface area contributed by atoms with E-state index in [1.165, 1.54) is 19.3 Å². The molecule has 0 fully saturated rings. The first-order chi connectivity index (χ1) is 5.95. The fraction of sp³-hybridized carbons (Fsp3) is 0.250. The summed E-state index contributed by atoms with van der Waals surface area (Å²) in [7, 11) is 1.28. The number of rotatable bonds is 1. The summed E-state index contributed by atoms with van der Waals surface area (Å²) in [5.74, 6) is 0. The van der Waals surface area contributed by atoms with Crippen molar-refractivity contribution in [3.8, 4) is 0 Å². The third kappa shape index (κ3) is 2.05. The van der Waals surface area contributed by atoms with Gasteiger partial charge in [-0.05, 0) is 0 Å². The highest BCUT2D eigenvalue weighted by Crippen LogP contribution is 2.26. The third-order valence-corrected chi connectivity index (χ3v) is 1.60. The van der Waals surface area contributed by atoms with E-state index in [1.54, 1.807) is 0 Å². The van der Waals surface area contributed by atoms with Crippen molar-refractivity contribution in [3.05, 3.63) is 29.6 Å². The van der Waals surface area contributed by atoms with Crippen molar-refractivity contribution in [2.24, 2.45) is 7.05 Å². The van der Waals surface area contributed by atoms with Gasteiger partial charge in [-0.25, -0.2) is 0 Å². The van der Waals surface area contributed by atoms with E-state index in [0.29, 0.717) is 6.29 Å².